The van der Waals surface area contributed by atoms with E-state index in [4.69, 9.17) is 0 Å². The molecule has 0 atom stereocenters. The van der Waals surface area contributed by atoms with Crippen LogP contribution in [-0.4, -0.2) is 3.21 Å². The number of rotatable bonds is 4. The van der Waals surface area contributed by atoms with Gasteiger partial charge in [0.2, 0.25) is 0 Å². The van der Waals surface area contributed by atoms with Crippen LogP contribution in [0.2, 0.25) is 0 Å². The topological polar surface area (TPSA) is 0 Å². The van der Waals surface area contributed by atoms with Gasteiger partial charge in [0.15, 0.2) is 0 Å². The zero-order valence-electron chi connectivity index (χ0n) is 28.0. The second-order valence-electron chi connectivity index (χ2n) is 14.5. The fraction of sp³-hybridized carbons (Fsp3) is 0.293. The molecule has 0 saturated heterocycles. The molecule has 0 N–H and O–H groups in total. The van der Waals surface area contributed by atoms with Crippen molar-refractivity contribution in [3.05, 3.63) is 142 Å². The Morgan fingerprint density at radius 2 is 1.22 bits per heavy atom. The van der Waals surface area contributed by atoms with Gasteiger partial charge in [-0.2, -0.15) is 0 Å². The second kappa shape index (κ2) is 14.3. The minimum atomic E-state index is -2.79. The maximum atomic E-state index is 3.71. The Morgan fingerprint density at radius 3 is 1.70 bits per heavy atom. The van der Waals surface area contributed by atoms with Crippen LogP contribution < -0.4 is 28.1 Å². The number of halogens is 4. The summed E-state index contributed by atoms with van der Waals surface area (Å²) in [5.41, 5.74) is 14.8. The summed E-state index contributed by atoms with van der Waals surface area (Å²) in [5, 5.41) is 0. The molecule has 0 radical (unpaired) electrons. The minimum absolute atomic E-state index is 0. The van der Waals surface area contributed by atoms with Crippen LogP contribution in [-0.2, 0) is 38.5 Å². The minimum Gasteiger partial charge on any atom is -1.00 e. The standard InChI is InChI=1S/C23H29.C13H8Br2.C5H5.2ClH.Zr/c1-14-9-16-11-17-10-15(2)21(23(6,7)8)13-19(17)18(16)12-20(14)22(3,4)5;14-12-5-1-10(2-6-12)9-11-3-7-13(15)8-4-11;1-2-4-5-3-1;;;/h9,12-13H,11H2,1-8H3;1-8H;1-3H,4H2;2*1H;/q;;;;;+2/p-2. The predicted molar refractivity (Wildman–Crippen MR) is 195 cm³/mol. The number of hydrogen-bond donors (Lipinski definition) is 0. The van der Waals surface area contributed by atoms with Crippen molar-refractivity contribution in [2.75, 3.05) is 0 Å². The van der Waals surface area contributed by atoms with E-state index in [0.717, 1.165) is 21.8 Å². The molecule has 0 fully saturated rings. The Morgan fingerprint density at radius 1 is 0.696 bits per heavy atom. The van der Waals surface area contributed by atoms with Crippen molar-refractivity contribution in [2.24, 2.45) is 0 Å². The summed E-state index contributed by atoms with van der Waals surface area (Å²) in [6.45, 7) is 19.0. The molecule has 0 heterocycles. The maximum Gasteiger partial charge on any atom is -1.00 e. The van der Waals surface area contributed by atoms with Gasteiger partial charge in [-0.3, -0.25) is 0 Å². The third kappa shape index (κ3) is 7.16. The van der Waals surface area contributed by atoms with Crippen LogP contribution in [0.3, 0.4) is 0 Å². The van der Waals surface area contributed by atoms with Crippen molar-refractivity contribution in [3.8, 4) is 11.1 Å². The Hall–Kier alpha value is -1.35. The molecule has 4 aromatic rings. The molecule has 238 valence electrons. The Balaban J connectivity index is 0.00000240. The van der Waals surface area contributed by atoms with Gasteiger partial charge >= 0.3 is 291 Å². The first kappa shape index (κ1) is 37.5. The molecule has 0 amide bonds. The Labute approximate surface area is 313 Å². The van der Waals surface area contributed by atoms with E-state index in [9.17, 15) is 0 Å². The van der Waals surface area contributed by atoms with E-state index < -0.39 is 21.3 Å². The summed E-state index contributed by atoms with van der Waals surface area (Å²) in [5.74, 6) is 0. The molecule has 0 unspecified atom stereocenters. The van der Waals surface area contributed by atoms with Gasteiger partial charge in [-0.1, -0.05) is 0 Å². The van der Waals surface area contributed by atoms with E-state index in [1.807, 2.05) is 0 Å². The molecular weight excluding hydrogens is 814 g/mol. The summed E-state index contributed by atoms with van der Waals surface area (Å²) < 4.78 is 7.16. The van der Waals surface area contributed by atoms with Gasteiger partial charge < -0.3 is 24.8 Å². The first-order valence-corrected chi connectivity index (χ1v) is 21.0. The number of aryl methyl sites for hydroxylation is 1. The van der Waals surface area contributed by atoms with E-state index in [0.29, 0.717) is 0 Å². The third-order valence-electron chi connectivity index (χ3n) is 9.28. The van der Waals surface area contributed by atoms with Crippen molar-refractivity contribution in [1.29, 1.82) is 0 Å². The van der Waals surface area contributed by atoms with E-state index in [2.05, 4.69) is 172 Å². The number of fused-ring (bicyclic) bond motifs is 3. The van der Waals surface area contributed by atoms with Gasteiger partial charge in [-0.25, -0.2) is 0 Å². The van der Waals surface area contributed by atoms with E-state index >= 15 is 0 Å². The molecule has 0 bridgehead atoms. The van der Waals surface area contributed by atoms with Gasteiger partial charge in [0.05, 0.1) is 0 Å². The molecule has 0 nitrogen and oxygen atoms in total. The van der Waals surface area contributed by atoms with Crippen LogP contribution in [0.1, 0.15) is 92.5 Å². The Bertz CT molecular complexity index is 1830. The zero-order valence-corrected chi connectivity index (χ0v) is 35.2. The number of hydrogen-bond acceptors (Lipinski definition) is 0. The largest absolute Gasteiger partial charge is 1.00 e. The average molecular weight is 857 g/mol. The molecule has 46 heavy (non-hydrogen) atoms. The quantitative estimate of drug-likeness (QED) is 0.229. The van der Waals surface area contributed by atoms with E-state index in [-0.39, 0.29) is 35.6 Å². The molecule has 0 aromatic heterocycles. The molecule has 5 heteroatoms. The Kier molecular flexibility index (Phi) is 11.6. The maximum absolute atomic E-state index is 3.71. The molecule has 4 aromatic carbocycles. The summed E-state index contributed by atoms with van der Waals surface area (Å²) in [7, 11) is 0. The SMILES string of the molecule is Cc1cc2c(cc1C(C)(C)C)-c1cc(C(C)(C)C)c(C)[c]([Zr+2]([C]3=CC=CC3)=[C](c3ccc(Br)cc3)c3ccc(Br)cc3)c1C2.[Cl-].[Cl-]. The fourth-order valence-corrected chi connectivity index (χ4v) is 16.2. The third-order valence-corrected chi connectivity index (χ3v) is 18.4. The van der Waals surface area contributed by atoms with Crippen molar-refractivity contribution >= 4 is 38.3 Å². The van der Waals surface area contributed by atoms with Gasteiger partial charge in [-0.05, 0) is 0 Å². The van der Waals surface area contributed by atoms with Gasteiger partial charge in [-0.15, -0.1) is 0 Å². The molecule has 0 saturated carbocycles. The van der Waals surface area contributed by atoms with Gasteiger partial charge in [0.1, 0.15) is 0 Å². The summed E-state index contributed by atoms with van der Waals surface area (Å²) in [6, 6.07) is 25.8. The van der Waals surface area contributed by atoms with Crippen molar-refractivity contribution < 1.29 is 46.1 Å². The molecule has 6 rings (SSSR count). The van der Waals surface area contributed by atoms with Gasteiger partial charge in [0.25, 0.3) is 0 Å². The van der Waals surface area contributed by atoms with Crippen LogP contribution >= 0.6 is 31.9 Å². The predicted octanol–water partition coefficient (Wildman–Crippen LogP) is 5.36. The number of allylic oxidation sites excluding steroid dienone is 4. The molecule has 2 aliphatic carbocycles. The van der Waals surface area contributed by atoms with Crippen molar-refractivity contribution in [3.63, 3.8) is 0 Å². The van der Waals surface area contributed by atoms with Crippen molar-refractivity contribution in [2.45, 2.75) is 79.1 Å². The molecule has 2 aliphatic rings. The smallest absolute Gasteiger partial charge is 1.00 e. The van der Waals surface area contributed by atoms with Crippen LogP contribution in [0, 0.1) is 13.8 Å². The fourth-order valence-electron chi connectivity index (χ4n) is 7.31. The first-order valence-electron chi connectivity index (χ1n) is 15.7. The molecular formula is C41H42Br2Cl2Zr. The molecule has 0 aliphatic heterocycles. The van der Waals surface area contributed by atoms with Crippen LogP contribution in [0.15, 0.2) is 97.2 Å². The monoisotopic (exact) mass is 852 g/mol. The summed E-state index contributed by atoms with van der Waals surface area (Å²) in [6.07, 6.45) is 9.21. The zero-order chi connectivity index (χ0) is 31.6. The van der Waals surface area contributed by atoms with Crippen LogP contribution in [0.5, 0.6) is 0 Å². The number of benzene rings is 4. The summed E-state index contributed by atoms with van der Waals surface area (Å²) in [4.78, 5) is 0. The van der Waals surface area contributed by atoms with Crippen LogP contribution in [0.4, 0.5) is 0 Å². The molecule has 0 spiro atoms. The van der Waals surface area contributed by atoms with E-state index in [1.54, 1.807) is 15.3 Å². The second-order valence-corrected chi connectivity index (χ2v) is 22.3. The van der Waals surface area contributed by atoms with E-state index in [1.165, 1.54) is 50.1 Å². The first-order chi connectivity index (χ1) is 20.7. The van der Waals surface area contributed by atoms with Gasteiger partial charge in [0, 0.05) is 0 Å². The van der Waals surface area contributed by atoms with Crippen molar-refractivity contribution in [1.82, 2.24) is 0 Å². The normalized spacial score (nSPS) is 13.2. The van der Waals surface area contributed by atoms with Crippen LogP contribution in [0.25, 0.3) is 11.1 Å². The summed E-state index contributed by atoms with van der Waals surface area (Å²) >= 11 is 4.64. The average Bonchev–Trinajstić information content (AvgIpc) is 3.59.